The van der Waals surface area contributed by atoms with Gasteiger partial charge in [0.15, 0.2) is 0 Å². The van der Waals surface area contributed by atoms with Gasteiger partial charge in [0.2, 0.25) is 0 Å². The standard InChI is InChI=1S/C31H39N/c1-2-3-4-5-6-7-8-18-25-31(26-27-19-12-9-13-20-27)30(28-21-14-10-15-22-28)32(31)29-23-16-11-17-24-29/h9-17,19-24,30H,2-8,18,25-26H2,1H3/t30-,31-,32?/m1/s1. The molecule has 32 heavy (non-hydrogen) atoms. The van der Waals surface area contributed by atoms with Crippen LogP contribution in [0.3, 0.4) is 0 Å². The summed E-state index contributed by atoms with van der Waals surface area (Å²) in [6.07, 6.45) is 13.4. The molecule has 2 atom stereocenters. The Morgan fingerprint density at radius 1 is 0.625 bits per heavy atom. The molecule has 3 aromatic rings. The monoisotopic (exact) mass is 425 g/mol. The van der Waals surface area contributed by atoms with Crippen molar-refractivity contribution in [2.24, 2.45) is 0 Å². The lowest BCUT2D eigenvalue weighted by Crippen LogP contribution is -2.22. The molecule has 1 nitrogen and oxygen atoms in total. The summed E-state index contributed by atoms with van der Waals surface area (Å²) in [7, 11) is 0. The predicted octanol–water partition coefficient (Wildman–Crippen LogP) is 8.76. The Morgan fingerprint density at radius 3 is 1.78 bits per heavy atom. The molecule has 1 aliphatic heterocycles. The number of unbranched alkanes of at least 4 members (excludes halogenated alkanes) is 7. The Balaban J connectivity index is 1.52. The predicted molar refractivity (Wildman–Crippen MR) is 138 cm³/mol. The third-order valence-electron chi connectivity index (χ3n) is 7.15. The molecule has 0 spiro atoms. The zero-order chi connectivity index (χ0) is 22.1. The second kappa shape index (κ2) is 11.4. The van der Waals surface area contributed by atoms with Crippen LogP contribution in [0.25, 0.3) is 0 Å². The summed E-state index contributed by atoms with van der Waals surface area (Å²) in [6, 6.07) is 33.8. The summed E-state index contributed by atoms with van der Waals surface area (Å²) in [4.78, 5) is 2.70. The van der Waals surface area contributed by atoms with Gasteiger partial charge in [-0.25, -0.2) is 0 Å². The zero-order valence-corrected chi connectivity index (χ0v) is 19.8. The van der Waals surface area contributed by atoms with Crippen LogP contribution in [0.1, 0.15) is 81.9 Å². The normalized spacial score (nSPS) is 19.8. The summed E-state index contributed by atoms with van der Waals surface area (Å²) in [6.45, 7) is 2.30. The molecule has 0 saturated carbocycles. The largest absolute Gasteiger partial charge is 0.354 e. The minimum atomic E-state index is 0.173. The average molecular weight is 426 g/mol. The summed E-state index contributed by atoms with van der Waals surface area (Å²) in [5.74, 6) is 0. The Morgan fingerprint density at radius 2 is 1.16 bits per heavy atom. The quantitative estimate of drug-likeness (QED) is 0.195. The number of anilines is 1. The Hall–Kier alpha value is -2.54. The van der Waals surface area contributed by atoms with Crippen LogP contribution in [0.4, 0.5) is 5.69 Å². The number of rotatable bonds is 13. The van der Waals surface area contributed by atoms with E-state index in [1.165, 1.54) is 74.6 Å². The molecule has 0 aromatic heterocycles. The smallest absolute Gasteiger partial charge is 0.0785 e. The Kier molecular flexibility index (Phi) is 8.04. The van der Waals surface area contributed by atoms with Crippen molar-refractivity contribution in [1.29, 1.82) is 0 Å². The van der Waals surface area contributed by atoms with Crippen molar-refractivity contribution in [3.05, 3.63) is 102 Å². The summed E-state index contributed by atoms with van der Waals surface area (Å²) >= 11 is 0. The number of para-hydroxylation sites is 1. The first-order chi connectivity index (χ1) is 15.8. The van der Waals surface area contributed by atoms with E-state index >= 15 is 0 Å². The molecule has 0 unspecified atom stereocenters. The van der Waals surface area contributed by atoms with Crippen molar-refractivity contribution >= 4 is 5.69 Å². The Labute approximate surface area is 195 Å². The number of hydrogen-bond donors (Lipinski definition) is 0. The van der Waals surface area contributed by atoms with E-state index in [9.17, 15) is 0 Å². The van der Waals surface area contributed by atoms with Crippen molar-refractivity contribution in [3.63, 3.8) is 0 Å². The highest BCUT2D eigenvalue weighted by molar-refractivity contribution is 5.64. The minimum absolute atomic E-state index is 0.173. The molecular weight excluding hydrogens is 386 g/mol. The molecule has 0 N–H and O–H groups in total. The van der Waals surface area contributed by atoms with Gasteiger partial charge in [-0.3, -0.25) is 0 Å². The van der Waals surface area contributed by atoms with E-state index in [2.05, 4.69) is 103 Å². The maximum Gasteiger partial charge on any atom is 0.0785 e. The van der Waals surface area contributed by atoms with Crippen LogP contribution in [0.5, 0.6) is 0 Å². The lowest BCUT2D eigenvalue weighted by atomic mass is 9.87. The van der Waals surface area contributed by atoms with Gasteiger partial charge in [0, 0.05) is 5.69 Å². The van der Waals surface area contributed by atoms with Gasteiger partial charge in [0.05, 0.1) is 11.6 Å². The molecule has 1 saturated heterocycles. The highest BCUT2D eigenvalue weighted by Gasteiger charge is 2.62. The SMILES string of the molecule is CCCCCCCCCC[C@@]1(Cc2ccccc2)[C@@H](c2ccccc2)N1c1ccccc1. The van der Waals surface area contributed by atoms with E-state index in [1.807, 2.05) is 0 Å². The fourth-order valence-electron chi connectivity index (χ4n) is 5.50. The van der Waals surface area contributed by atoms with Gasteiger partial charge in [-0.15, -0.1) is 0 Å². The van der Waals surface area contributed by atoms with Crippen LogP contribution in [0.2, 0.25) is 0 Å². The lowest BCUT2D eigenvalue weighted by Gasteiger charge is -2.19. The number of benzene rings is 3. The second-order valence-electron chi connectivity index (χ2n) is 9.51. The van der Waals surface area contributed by atoms with E-state index in [0.717, 1.165) is 6.42 Å². The zero-order valence-electron chi connectivity index (χ0n) is 19.8. The van der Waals surface area contributed by atoms with Gasteiger partial charge in [-0.1, -0.05) is 137 Å². The first-order valence-corrected chi connectivity index (χ1v) is 12.8. The lowest BCUT2D eigenvalue weighted by molar-refractivity contribution is 0.499. The second-order valence-corrected chi connectivity index (χ2v) is 9.51. The molecule has 1 aliphatic rings. The van der Waals surface area contributed by atoms with Gasteiger partial charge < -0.3 is 4.90 Å². The van der Waals surface area contributed by atoms with Crippen LogP contribution >= 0.6 is 0 Å². The van der Waals surface area contributed by atoms with Crippen molar-refractivity contribution in [2.75, 3.05) is 4.90 Å². The van der Waals surface area contributed by atoms with E-state index in [4.69, 9.17) is 0 Å². The van der Waals surface area contributed by atoms with Gasteiger partial charge in [0.25, 0.3) is 0 Å². The van der Waals surface area contributed by atoms with Crippen LogP contribution < -0.4 is 4.90 Å². The fraction of sp³-hybridized carbons (Fsp3) is 0.419. The first kappa shape index (κ1) is 22.6. The van der Waals surface area contributed by atoms with E-state index in [-0.39, 0.29) is 5.54 Å². The van der Waals surface area contributed by atoms with Gasteiger partial charge >= 0.3 is 0 Å². The van der Waals surface area contributed by atoms with Crippen molar-refractivity contribution in [1.82, 2.24) is 0 Å². The number of hydrogen-bond acceptors (Lipinski definition) is 1. The van der Waals surface area contributed by atoms with Crippen LogP contribution in [-0.2, 0) is 6.42 Å². The van der Waals surface area contributed by atoms with Gasteiger partial charge in [-0.05, 0) is 36.1 Å². The van der Waals surface area contributed by atoms with Crippen LogP contribution in [0, 0.1) is 0 Å². The molecule has 3 aromatic carbocycles. The number of nitrogens with zero attached hydrogens (tertiary/aromatic N) is 1. The minimum Gasteiger partial charge on any atom is -0.354 e. The van der Waals surface area contributed by atoms with E-state index in [0.29, 0.717) is 6.04 Å². The molecule has 1 fully saturated rings. The molecule has 4 rings (SSSR count). The molecule has 0 bridgehead atoms. The topological polar surface area (TPSA) is 3.01 Å². The van der Waals surface area contributed by atoms with Gasteiger partial charge in [0.1, 0.15) is 0 Å². The van der Waals surface area contributed by atoms with Crippen molar-refractivity contribution in [2.45, 2.75) is 82.7 Å². The van der Waals surface area contributed by atoms with Crippen molar-refractivity contribution in [3.8, 4) is 0 Å². The molecule has 1 heterocycles. The molecule has 0 aliphatic carbocycles. The highest BCUT2D eigenvalue weighted by atomic mass is 15.4. The molecule has 0 radical (unpaired) electrons. The fourth-order valence-corrected chi connectivity index (χ4v) is 5.50. The Bertz CT molecular complexity index is 857. The average Bonchev–Trinajstić information content (AvgIpc) is 3.50. The summed E-state index contributed by atoms with van der Waals surface area (Å²) in [5, 5.41) is 0. The maximum absolute atomic E-state index is 2.70. The summed E-state index contributed by atoms with van der Waals surface area (Å²) < 4.78 is 0. The molecule has 168 valence electrons. The van der Waals surface area contributed by atoms with Gasteiger partial charge in [-0.2, -0.15) is 0 Å². The van der Waals surface area contributed by atoms with Crippen LogP contribution in [-0.4, -0.2) is 5.54 Å². The third-order valence-corrected chi connectivity index (χ3v) is 7.15. The van der Waals surface area contributed by atoms with E-state index < -0.39 is 0 Å². The molecular formula is C31H39N. The van der Waals surface area contributed by atoms with E-state index in [1.54, 1.807) is 0 Å². The highest BCUT2D eigenvalue weighted by Crippen LogP contribution is 2.59. The maximum atomic E-state index is 2.70. The molecule has 0 amide bonds. The first-order valence-electron chi connectivity index (χ1n) is 12.8. The summed E-state index contributed by atoms with van der Waals surface area (Å²) in [5.41, 5.74) is 4.43. The molecule has 1 heteroatoms. The third kappa shape index (κ3) is 5.44. The van der Waals surface area contributed by atoms with Crippen molar-refractivity contribution < 1.29 is 0 Å². The van der Waals surface area contributed by atoms with Crippen LogP contribution in [0.15, 0.2) is 91.0 Å².